The fourth-order valence-corrected chi connectivity index (χ4v) is 6.44. The number of hydrogen-bond acceptors (Lipinski definition) is 6. The van der Waals surface area contributed by atoms with Crippen LogP contribution in [0.3, 0.4) is 0 Å². The fourth-order valence-electron chi connectivity index (χ4n) is 4.36. The second-order valence-corrected chi connectivity index (χ2v) is 11.1. The first kappa shape index (κ1) is 22.3. The van der Waals surface area contributed by atoms with Gasteiger partial charge in [-0.15, -0.1) is 22.7 Å². The summed E-state index contributed by atoms with van der Waals surface area (Å²) in [6.45, 7) is 1.99. The molecule has 1 saturated carbocycles. The molecule has 0 atom stereocenters. The highest BCUT2D eigenvalue weighted by atomic mass is 35.5. The van der Waals surface area contributed by atoms with E-state index in [1.807, 2.05) is 19.1 Å². The Kier molecular flexibility index (Phi) is 5.22. The van der Waals surface area contributed by atoms with Gasteiger partial charge in [-0.05, 0) is 55.0 Å². The van der Waals surface area contributed by atoms with Gasteiger partial charge < -0.3 is 0 Å². The molecule has 0 unspecified atom stereocenters. The monoisotopic (exact) mass is 524 g/mol. The average Bonchev–Trinajstić information content (AvgIpc) is 3.46. The highest BCUT2D eigenvalue weighted by Crippen LogP contribution is 2.45. The molecule has 5 aromatic rings. The van der Waals surface area contributed by atoms with E-state index in [1.54, 1.807) is 12.3 Å². The molecule has 0 saturated heterocycles. The number of hydrogen-bond donors (Lipinski definition) is 0. The maximum atomic E-state index is 14.5. The molecule has 1 aliphatic carbocycles. The number of nitrogens with zero attached hydrogens (tertiary/aromatic N) is 4. The SMILES string of the molecule is Cc1c(Cl)ccc2c1sc1nc(-c3cc(F)c(F)cc3C3CC3)n(Cc3cnc(C#N)s3)c(=O)c12. The van der Waals surface area contributed by atoms with Crippen molar-refractivity contribution < 1.29 is 8.78 Å². The lowest BCUT2D eigenvalue weighted by atomic mass is 10.0. The van der Waals surface area contributed by atoms with Crippen LogP contribution in [0.1, 0.15) is 39.8 Å². The van der Waals surface area contributed by atoms with Crippen molar-refractivity contribution in [1.29, 1.82) is 5.26 Å². The first-order chi connectivity index (χ1) is 16.9. The smallest absolute Gasteiger partial charge is 0.263 e. The van der Waals surface area contributed by atoms with E-state index < -0.39 is 11.6 Å². The van der Waals surface area contributed by atoms with E-state index in [2.05, 4.69) is 4.98 Å². The minimum atomic E-state index is -0.992. The molecule has 1 aliphatic rings. The predicted octanol–water partition coefficient (Wildman–Crippen LogP) is 6.77. The molecule has 174 valence electrons. The summed E-state index contributed by atoms with van der Waals surface area (Å²) in [5.74, 6) is -1.54. The number of nitriles is 1. The van der Waals surface area contributed by atoms with Crippen LogP contribution < -0.4 is 5.56 Å². The van der Waals surface area contributed by atoms with Crippen LogP contribution in [-0.4, -0.2) is 14.5 Å². The maximum Gasteiger partial charge on any atom is 0.263 e. The van der Waals surface area contributed by atoms with E-state index in [9.17, 15) is 18.8 Å². The fraction of sp³-hybridized carbons (Fsp3) is 0.200. The average molecular weight is 525 g/mol. The van der Waals surface area contributed by atoms with E-state index in [-0.39, 0.29) is 28.9 Å². The van der Waals surface area contributed by atoms with Crippen molar-refractivity contribution in [1.82, 2.24) is 14.5 Å². The lowest BCUT2D eigenvalue weighted by molar-refractivity contribution is 0.507. The number of thiophene rings is 1. The van der Waals surface area contributed by atoms with E-state index in [4.69, 9.17) is 16.6 Å². The molecule has 0 bridgehead atoms. The van der Waals surface area contributed by atoms with Gasteiger partial charge in [0.05, 0.1) is 11.9 Å². The van der Waals surface area contributed by atoms with Crippen molar-refractivity contribution in [2.45, 2.75) is 32.2 Å². The Hall–Kier alpha value is -3.19. The summed E-state index contributed by atoms with van der Waals surface area (Å²) in [5.41, 5.74) is 1.61. The summed E-state index contributed by atoms with van der Waals surface area (Å²) in [6, 6.07) is 7.92. The molecule has 6 rings (SSSR count). The van der Waals surface area contributed by atoms with Crippen molar-refractivity contribution in [3.63, 3.8) is 0 Å². The third-order valence-electron chi connectivity index (χ3n) is 6.26. The van der Waals surface area contributed by atoms with Crippen LogP contribution in [0, 0.1) is 29.9 Å². The van der Waals surface area contributed by atoms with Crippen molar-refractivity contribution in [2.24, 2.45) is 0 Å². The zero-order chi connectivity index (χ0) is 24.4. The third kappa shape index (κ3) is 3.64. The van der Waals surface area contributed by atoms with Crippen molar-refractivity contribution in [3.05, 3.63) is 78.5 Å². The standard InChI is InChI=1S/C25H15ClF2N4OS2/c1-11-17(26)5-4-14-21-24(35-22(11)14)31-23(16-7-19(28)18(27)6-15(16)12-2-3-12)32(25(21)33)10-13-9-30-20(8-29)34-13/h4-7,9,12H,2-3,10H2,1H3. The van der Waals surface area contributed by atoms with E-state index in [0.29, 0.717) is 31.2 Å². The van der Waals surface area contributed by atoms with Crippen LogP contribution in [0.2, 0.25) is 5.02 Å². The van der Waals surface area contributed by atoms with Gasteiger partial charge in [0.15, 0.2) is 16.6 Å². The van der Waals surface area contributed by atoms with Crippen LogP contribution >= 0.6 is 34.3 Å². The van der Waals surface area contributed by atoms with E-state index in [1.165, 1.54) is 33.3 Å². The Morgan fingerprint density at radius 1 is 1.23 bits per heavy atom. The number of thiazole rings is 1. The topological polar surface area (TPSA) is 71.6 Å². The van der Waals surface area contributed by atoms with Crippen molar-refractivity contribution in [3.8, 4) is 17.5 Å². The Morgan fingerprint density at radius 2 is 2.00 bits per heavy atom. The molecule has 3 heterocycles. The van der Waals surface area contributed by atoms with Crippen LogP contribution in [-0.2, 0) is 6.54 Å². The van der Waals surface area contributed by atoms with Gasteiger partial charge in [-0.25, -0.2) is 18.7 Å². The van der Waals surface area contributed by atoms with Gasteiger partial charge in [0.1, 0.15) is 16.7 Å². The predicted molar refractivity (Wildman–Crippen MR) is 134 cm³/mol. The summed E-state index contributed by atoms with van der Waals surface area (Å²) < 4.78 is 31.0. The zero-order valence-corrected chi connectivity index (χ0v) is 20.6. The molecular weight excluding hydrogens is 510 g/mol. The van der Waals surface area contributed by atoms with Gasteiger partial charge in [-0.2, -0.15) is 5.26 Å². The number of halogens is 3. The quantitative estimate of drug-likeness (QED) is 0.260. The molecular formula is C25H15ClF2N4OS2. The molecule has 0 amide bonds. The zero-order valence-electron chi connectivity index (χ0n) is 18.2. The molecule has 35 heavy (non-hydrogen) atoms. The van der Waals surface area contributed by atoms with E-state index >= 15 is 0 Å². The van der Waals surface area contributed by atoms with Gasteiger partial charge in [-0.1, -0.05) is 17.7 Å². The molecule has 5 nitrogen and oxygen atoms in total. The second kappa shape index (κ2) is 8.19. The molecule has 3 aromatic heterocycles. The molecule has 0 N–H and O–H groups in total. The molecule has 2 aromatic carbocycles. The Morgan fingerprint density at radius 3 is 2.71 bits per heavy atom. The number of benzene rings is 2. The summed E-state index contributed by atoms with van der Waals surface area (Å²) in [5, 5.41) is 11.2. The first-order valence-electron chi connectivity index (χ1n) is 10.8. The number of aryl methyl sites for hydroxylation is 1. The largest absolute Gasteiger partial charge is 0.287 e. The molecule has 10 heteroatoms. The minimum absolute atomic E-state index is 0.0956. The minimum Gasteiger partial charge on any atom is -0.287 e. The summed E-state index contributed by atoms with van der Waals surface area (Å²) >= 11 is 8.86. The lowest BCUT2D eigenvalue weighted by Gasteiger charge is -2.15. The van der Waals surface area contributed by atoms with Gasteiger partial charge >= 0.3 is 0 Å². The second-order valence-electron chi connectivity index (χ2n) is 8.53. The van der Waals surface area contributed by atoms with Gasteiger partial charge in [-0.3, -0.25) is 9.36 Å². The van der Waals surface area contributed by atoms with Crippen LogP contribution in [0.5, 0.6) is 0 Å². The van der Waals surface area contributed by atoms with Gasteiger partial charge in [0.25, 0.3) is 5.56 Å². The Labute approximate surface area is 210 Å². The molecule has 0 aliphatic heterocycles. The Bertz CT molecular complexity index is 1780. The van der Waals surface area contributed by atoms with Gasteiger partial charge in [0.2, 0.25) is 0 Å². The van der Waals surface area contributed by atoms with Crippen LogP contribution in [0.15, 0.2) is 35.3 Å². The number of rotatable bonds is 4. The molecule has 0 spiro atoms. The summed E-state index contributed by atoms with van der Waals surface area (Å²) in [7, 11) is 0. The third-order valence-corrected chi connectivity index (χ3v) is 8.77. The normalized spacial score (nSPS) is 13.6. The van der Waals surface area contributed by atoms with Crippen LogP contribution in [0.25, 0.3) is 31.7 Å². The number of aromatic nitrogens is 3. The van der Waals surface area contributed by atoms with Crippen molar-refractivity contribution >= 4 is 54.6 Å². The highest BCUT2D eigenvalue weighted by Gasteiger charge is 2.30. The highest BCUT2D eigenvalue weighted by molar-refractivity contribution is 7.25. The van der Waals surface area contributed by atoms with Crippen molar-refractivity contribution in [2.75, 3.05) is 0 Å². The van der Waals surface area contributed by atoms with E-state index in [0.717, 1.165) is 34.6 Å². The lowest BCUT2D eigenvalue weighted by Crippen LogP contribution is -2.24. The van der Waals surface area contributed by atoms with Gasteiger partial charge in [0, 0.05) is 31.7 Å². The number of fused-ring (bicyclic) bond motifs is 3. The maximum absolute atomic E-state index is 14.5. The van der Waals surface area contributed by atoms with Crippen LogP contribution in [0.4, 0.5) is 8.78 Å². The summed E-state index contributed by atoms with van der Waals surface area (Å²) in [6.07, 6.45) is 3.28. The summed E-state index contributed by atoms with van der Waals surface area (Å²) in [4.78, 5) is 24.1. The first-order valence-corrected chi connectivity index (χ1v) is 12.8. The molecule has 0 radical (unpaired) electrons. The molecule has 1 fully saturated rings. The Balaban J connectivity index is 1.69.